The number of carbonyl (C=O) groups is 1. The van der Waals surface area contributed by atoms with Crippen LogP contribution in [0, 0.1) is 13.8 Å². The molecule has 0 heterocycles. The summed E-state index contributed by atoms with van der Waals surface area (Å²) in [4.78, 5) is 12.8. The summed E-state index contributed by atoms with van der Waals surface area (Å²) >= 11 is 3.38. The molecular weight excluding hydrogens is 506 g/mol. The molecule has 0 fully saturated rings. The molecule has 33 heavy (non-hydrogen) atoms. The molecule has 0 unspecified atom stereocenters. The highest BCUT2D eigenvalue weighted by atomic mass is 79.9. The first kappa shape index (κ1) is 24.5. The van der Waals surface area contributed by atoms with Gasteiger partial charge in [0.15, 0.2) is 0 Å². The highest BCUT2D eigenvalue weighted by Gasteiger charge is 2.28. The summed E-state index contributed by atoms with van der Waals surface area (Å²) in [5.41, 5.74) is 5.11. The Balaban J connectivity index is 1.89. The number of carbonyl (C=O) groups excluding carboxylic acids is 1. The number of methoxy groups -OCH3 is 1. The second-order valence-corrected chi connectivity index (χ2v) is 10.1. The summed E-state index contributed by atoms with van der Waals surface area (Å²) in [6.45, 7) is 3.23. The van der Waals surface area contributed by atoms with Crippen LogP contribution in [0.2, 0.25) is 0 Å². The molecule has 3 aromatic carbocycles. The van der Waals surface area contributed by atoms with Crippen molar-refractivity contribution in [1.29, 1.82) is 0 Å². The second-order valence-electron chi connectivity index (χ2n) is 7.29. The molecular formula is C24H24BrN3O4S. The lowest BCUT2D eigenvalue weighted by Gasteiger charge is -2.25. The third-order valence-electron chi connectivity index (χ3n) is 4.84. The van der Waals surface area contributed by atoms with Crippen molar-refractivity contribution in [2.75, 3.05) is 18.0 Å². The fourth-order valence-electron chi connectivity index (χ4n) is 3.15. The van der Waals surface area contributed by atoms with Gasteiger partial charge in [-0.25, -0.2) is 13.8 Å². The number of nitrogens with zero attached hydrogens (tertiary/aromatic N) is 2. The maximum absolute atomic E-state index is 13.4. The molecule has 9 heteroatoms. The SMILES string of the molecule is COc1ccc(Br)cc1C=NNC(=O)CN(c1cc(C)ccc1C)S(=O)(=O)c1ccccc1. The van der Waals surface area contributed by atoms with Crippen LogP contribution in [0.4, 0.5) is 5.69 Å². The molecule has 0 saturated heterocycles. The van der Waals surface area contributed by atoms with E-state index in [-0.39, 0.29) is 4.90 Å². The van der Waals surface area contributed by atoms with Crippen LogP contribution in [-0.2, 0) is 14.8 Å². The average Bonchev–Trinajstić information content (AvgIpc) is 2.80. The van der Waals surface area contributed by atoms with Gasteiger partial charge in [0.05, 0.1) is 23.9 Å². The minimum atomic E-state index is -3.99. The second kappa shape index (κ2) is 10.6. The van der Waals surface area contributed by atoms with Gasteiger partial charge in [0, 0.05) is 10.0 Å². The smallest absolute Gasteiger partial charge is 0.264 e. The fraction of sp³-hybridized carbons (Fsp3) is 0.167. The monoisotopic (exact) mass is 529 g/mol. The summed E-state index contributed by atoms with van der Waals surface area (Å²) in [6.07, 6.45) is 1.44. The predicted molar refractivity (Wildman–Crippen MR) is 133 cm³/mol. The van der Waals surface area contributed by atoms with E-state index in [1.54, 1.807) is 43.3 Å². The number of anilines is 1. The number of rotatable bonds is 8. The maximum Gasteiger partial charge on any atom is 0.264 e. The minimum absolute atomic E-state index is 0.0982. The number of amides is 1. The lowest BCUT2D eigenvalue weighted by molar-refractivity contribution is -0.119. The maximum atomic E-state index is 13.4. The molecule has 0 atom stereocenters. The van der Waals surface area contributed by atoms with E-state index in [1.807, 2.05) is 25.1 Å². The number of hydrogen-bond acceptors (Lipinski definition) is 5. The van der Waals surface area contributed by atoms with Crippen LogP contribution < -0.4 is 14.5 Å². The van der Waals surface area contributed by atoms with Crippen LogP contribution in [0.1, 0.15) is 16.7 Å². The number of nitrogens with one attached hydrogen (secondary N) is 1. The normalized spacial score (nSPS) is 11.4. The first-order valence-corrected chi connectivity index (χ1v) is 12.3. The minimum Gasteiger partial charge on any atom is -0.496 e. The van der Waals surface area contributed by atoms with Gasteiger partial charge in [-0.15, -0.1) is 0 Å². The molecule has 0 aromatic heterocycles. The molecule has 7 nitrogen and oxygen atoms in total. The predicted octanol–water partition coefficient (Wildman–Crippen LogP) is 4.42. The van der Waals surface area contributed by atoms with E-state index in [1.165, 1.54) is 25.5 Å². The van der Waals surface area contributed by atoms with Gasteiger partial charge in [-0.2, -0.15) is 5.10 Å². The van der Waals surface area contributed by atoms with Gasteiger partial charge in [-0.05, 0) is 61.4 Å². The van der Waals surface area contributed by atoms with Crippen molar-refractivity contribution in [1.82, 2.24) is 5.43 Å². The Labute approximate surface area is 202 Å². The summed E-state index contributed by atoms with van der Waals surface area (Å²) < 4.78 is 34.1. The largest absolute Gasteiger partial charge is 0.496 e. The topological polar surface area (TPSA) is 88.1 Å². The van der Waals surface area contributed by atoms with Crippen molar-refractivity contribution in [3.8, 4) is 5.75 Å². The number of aryl methyl sites for hydroxylation is 2. The van der Waals surface area contributed by atoms with Gasteiger partial charge in [0.2, 0.25) is 0 Å². The van der Waals surface area contributed by atoms with Crippen LogP contribution in [0.15, 0.2) is 81.2 Å². The fourth-order valence-corrected chi connectivity index (χ4v) is 5.03. The van der Waals surface area contributed by atoms with Gasteiger partial charge in [0.25, 0.3) is 15.9 Å². The van der Waals surface area contributed by atoms with E-state index in [9.17, 15) is 13.2 Å². The van der Waals surface area contributed by atoms with Gasteiger partial charge in [-0.3, -0.25) is 9.10 Å². The zero-order chi connectivity index (χ0) is 24.0. The van der Waals surface area contributed by atoms with Gasteiger partial charge in [0.1, 0.15) is 12.3 Å². The average molecular weight is 530 g/mol. The molecule has 3 rings (SSSR count). The molecule has 0 aliphatic rings. The van der Waals surface area contributed by atoms with Crippen molar-refractivity contribution in [3.63, 3.8) is 0 Å². The van der Waals surface area contributed by atoms with E-state index in [4.69, 9.17) is 4.74 Å². The summed E-state index contributed by atoms with van der Waals surface area (Å²) in [5.74, 6) is 0.000456. The van der Waals surface area contributed by atoms with Gasteiger partial charge < -0.3 is 4.74 Å². The lowest BCUT2D eigenvalue weighted by atomic mass is 10.1. The van der Waals surface area contributed by atoms with Crippen molar-refractivity contribution >= 4 is 43.8 Å². The lowest BCUT2D eigenvalue weighted by Crippen LogP contribution is -2.40. The molecule has 0 spiro atoms. The Morgan fingerprint density at radius 2 is 1.82 bits per heavy atom. The van der Waals surface area contributed by atoms with Crippen LogP contribution >= 0.6 is 15.9 Å². The zero-order valence-corrected chi connectivity index (χ0v) is 20.9. The van der Waals surface area contributed by atoms with Crippen molar-refractivity contribution in [3.05, 3.63) is 87.9 Å². The molecule has 0 saturated carbocycles. The van der Waals surface area contributed by atoms with Crippen LogP contribution in [-0.4, -0.2) is 34.2 Å². The van der Waals surface area contributed by atoms with E-state index in [0.29, 0.717) is 17.0 Å². The Hall–Kier alpha value is -3.17. The number of sulfonamides is 1. The molecule has 0 aliphatic heterocycles. The van der Waals surface area contributed by atoms with E-state index < -0.39 is 22.5 Å². The van der Waals surface area contributed by atoms with Crippen molar-refractivity contribution < 1.29 is 17.9 Å². The number of ether oxygens (including phenoxy) is 1. The molecule has 1 amide bonds. The summed E-state index contributed by atoms with van der Waals surface area (Å²) in [7, 11) is -2.45. The number of benzene rings is 3. The number of halogens is 1. The molecule has 0 aliphatic carbocycles. The molecule has 3 aromatic rings. The van der Waals surface area contributed by atoms with Gasteiger partial charge in [-0.1, -0.05) is 46.3 Å². The Kier molecular flexibility index (Phi) is 7.88. The summed E-state index contributed by atoms with van der Waals surface area (Å²) in [6, 6.07) is 18.9. The highest BCUT2D eigenvalue weighted by Crippen LogP contribution is 2.27. The summed E-state index contributed by atoms with van der Waals surface area (Å²) in [5, 5.41) is 3.99. The van der Waals surface area contributed by atoms with Crippen LogP contribution in [0.5, 0.6) is 5.75 Å². The van der Waals surface area contributed by atoms with Crippen LogP contribution in [0.3, 0.4) is 0 Å². The van der Waals surface area contributed by atoms with Crippen molar-refractivity contribution in [2.24, 2.45) is 5.10 Å². The molecule has 0 radical (unpaired) electrons. The Bertz CT molecular complexity index is 1280. The zero-order valence-electron chi connectivity index (χ0n) is 18.4. The number of hydrogen-bond donors (Lipinski definition) is 1. The molecule has 0 bridgehead atoms. The van der Waals surface area contributed by atoms with Crippen molar-refractivity contribution in [2.45, 2.75) is 18.7 Å². The Morgan fingerprint density at radius 1 is 1.09 bits per heavy atom. The molecule has 172 valence electrons. The number of hydrazone groups is 1. The van der Waals surface area contributed by atoms with E-state index in [0.717, 1.165) is 19.9 Å². The highest BCUT2D eigenvalue weighted by molar-refractivity contribution is 9.10. The quantitative estimate of drug-likeness (QED) is 0.345. The first-order valence-electron chi connectivity index (χ1n) is 10.0. The molecule has 1 N–H and O–H groups in total. The third kappa shape index (κ3) is 6.00. The third-order valence-corrected chi connectivity index (χ3v) is 7.10. The standard InChI is InChI=1S/C24H24BrN3O4S/c1-17-9-10-18(2)22(13-17)28(33(30,31)21-7-5-4-6-8-21)16-24(29)27-26-15-19-14-20(25)11-12-23(19)32-3/h4-15H,16H2,1-3H3,(H,27,29). The Morgan fingerprint density at radius 3 is 2.52 bits per heavy atom. The van der Waals surface area contributed by atoms with E-state index in [2.05, 4.69) is 26.5 Å². The van der Waals surface area contributed by atoms with Crippen LogP contribution in [0.25, 0.3) is 0 Å². The van der Waals surface area contributed by atoms with Gasteiger partial charge >= 0.3 is 0 Å². The van der Waals surface area contributed by atoms with E-state index >= 15 is 0 Å². The first-order chi connectivity index (χ1) is 15.7.